The zero-order valence-electron chi connectivity index (χ0n) is 7.84. The van der Waals surface area contributed by atoms with Crippen LogP contribution in [-0.2, 0) is 11.3 Å². The average molecular weight is 202 g/mol. The fraction of sp³-hybridized carbons (Fsp3) is 0.444. The zero-order valence-corrected chi connectivity index (χ0v) is 7.84. The second kappa shape index (κ2) is 5.49. The van der Waals surface area contributed by atoms with Gasteiger partial charge < -0.3 is 10.1 Å². The molecule has 14 heavy (non-hydrogen) atoms. The first kappa shape index (κ1) is 10.8. The van der Waals surface area contributed by atoms with Gasteiger partial charge in [-0.2, -0.15) is 0 Å². The lowest BCUT2D eigenvalue weighted by Crippen LogP contribution is -2.06. The number of hydrogen-bond donors (Lipinski definition) is 1. The number of pyridine rings is 1. The number of nitrogens with zero attached hydrogens (tertiary/aromatic N) is 1. The van der Waals surface area contributed by atoms with Crippen LogP contribution in [0.25, 0.3) is 0 Å². The van der Waals surface area contributed by atoms with E-state index in [0.29, 0.717) is 5.82 Å². The predicted molar refractivity (Wildman–Crippen MR) is 49.4 cm³/mol. The summed E-state index contributed by atoms with van der Waals surface area (Å²) in [5.41, 5.74) is 0.774. The Balaban J connectivity index is 2.49. The Hall–Kier alpha value is -1.23. The molecule has 78 valence electrons. The van der Waals surface area contributed by atoms with Crippen LogP contribution in [0, 0.1) is 0 Å². The van der Waals surface area contributed by atoms with Crippen LogP contribution in [0.4, 0.5) is 14.6 Å². The maximum Gasteiger partial charge on any atom is 0.261 e. The van der Waals surface area contributed by atoms with Crippen molar-refractivity contribution >= 4 is 5.82 Å². The van der Waals surface area contributed by atoms with Gasteiger partial charge in [-0.15, -0.1) is 0 Å². The molecule has 1 aromatic rings. The van der Waals surface area contributed by atoms with Crippen molar-refractivity contribution in [2.45, 2.75) is 13.0 Å². The van der Waals surface area contributed by atoms with Gasteiger partial charge in [0.25, 0.3) is 6.43 Å². The van der Waals surface area contributed by atoms with Gasteiger partial charge in [-0.3, -0.25) is 0 Å². The van der Waals surface area contributed by atoms with Crippen molar-refractivity contribution in [3.05, 3.63) is 23.9 Å². The first-order valence-electron chi connectivity index (χ1n) is 4.21. The summed E-state index contributed by atoms with van der Waals surface area (Å²) in [4.78, 5) is 4.02. The number of aromatic nitrogens is 1. The Bertz CT molecular complexity index is 281. The molecule has 0 saturated heterocycles. The van der Waals surface area contributed by atoms with E-state index in [2.05, 4.69) is 10.3 Å². The smallest absolute Gasteiger partial charge is 0.261 e. The lowest BCUT2D eigenvalue weighted by molar-refractivity contribution is 0.00998. The van der Waals surface area contributed by atoms with Crippen molar-refractivity contribution in [2.75, 3.05) is 19.0 Å². The largest absolute Gasteiger partial charge is 0.373 e. The molecule has 0 aliphatic carbocycles. The monoisotopic (exact) mass is 202 g/mol. The maximum absolute atomic E-state index is 11.8. The molecule has 0 aliphatic rings. The molecule has 5 heteroatoms. The van der Waals surface area contributed by atoms with Crippen molar-refractivity contribution in [1.29, 1.82) is 0 Å². The number of alkyl halides is 2. The van der Waals surface area contributed by atoms with Crippen molar-refractivity contribution in [1.82, 2.24) is 4.98 Å². The molecule has 0 amide bonds. The van der Waals surface area contributed by atoms with Crippen molar-refractivity contribution < 1.29 is 13.5 Å². The van der Waals surface area contributed by atoms with Crippen LogP contribution < -0.4 is 5.32 Å². The van der Waals surface area contributed by atoms with E-state index >= 15 is 0 Å². The highest BCUT2D eigenvalue weighted by Gasteiger charge is 2.04. The molecule has 1 rings (SSSR count). The van der Waals surface area contributed by atoms with Crippen LogP contribution in [-0.4, -0.2) is 25.1 Å². The average Bonchev–Trinajstić information content (AvgIpc) is 2.18. The topological polar surface area (TPSA) is 34.2 Å². The molecule has 3 nitrogen and oxygen atoms in total. The summed E-state index contributed by atoms with van der Waals surface area (Å²) in [6.45, 7) is -0.396. The van der Waals surface area contributed by atoms with Gasteiger partial charge in [0.05, 0.1) is 6.61 Å². The second-order valence-corrected chi connectivity index (χ2v) is 2.67. The Kier molecular flexibility index (Phi) is 4.25. The second-order valence-electron chi connectivity index (χ2n) is 2.67. The number of rotatable bonds is 5. The Morgan fingerprint density at radius 3 is 3.00 bits per heavy atom. The molecule has 1 heterocycles. The van der Waals surface area contributed by atoms with Crippen LogP contribution in [0.5, 0.6) is 0 Å². The Labute approximate surface area is 81.1 Å². The van der Waals surface area contributed by atoms with Gasteiger partial charge in [0.1, 0.15) is 12.4 Å². The molecular weight excluding hydrogens is 190 g/mol. The van der Waals surface area contributed by atoms with Gasteiger partial charge in [-0.25, -0.2) is 13.8 Å². The molecule has 0 spiro atoms. The molecular formula is C9H12F2N2O. The van der Waals surface area contributed by atoms with E-state index in [1.165, 1.54) is 0 Å². The number of halogens is 2. The molecule has 1 aromatic heterocycles. The minimum atomic E-state index is -2.43. The third-order valence-electron chi connectivity index (χ3n) is 1.63. The molecule has 0 radical (unpaired) electrons. The third kappa shape index (κ3) is 3.26. The lowest BCUT2D eigenvalue weighted by atomic mass is 10.3. The minimum Gasteiger partial charge on any atom is -0.373 e. The minimum absolute atomic E-state index is 0.147. The van der Waals surface area contributed by atoms with E-state index in [0.717, 1.165) is 5.56 Å². The van der Waals surface area contributed by atoms with Crippen LogP contribution in [0.1, 0.15) is 5.56 Å². The van der Waals surface area contributed by atoms with Gasteiger partial charge in [-0.05, 0) is 6.07 Å². The summed E-state index contributed by atoms with van der Waals surface area (Å²) < 4.78 is 28.3. The molecule has 0 saturated carbocycles. The summed E-state index contributed by atoms with van der Waals surface area (Å²) >= 11 is 0. The Morgan fingerprint density at radius 2 is 2.36 bits per heavy atom. The van der Waals surface area contributed by atoms with Crippen LogP contribution in [0.2, 0.25) is 0 Å². The van der Waals surface area contributed by atoms with E-state index in [1.807, 2.05) is 0 Å². The quantitative estimate of drug-likeness (QED) is 0.791. The number of nitrogens with one attached hydrogen (secondary N) is 1. The van der Waals surface area contributed by atoms with E-state index in [-0.39, 0.29) is 6.61 Å². The Morgan fingerprint density at radius 1 is 1.57 bits per heavy atom. The SMILES string of the molecule is CNc1ncccc1COCC(F)F. The van der Waals surface area contributed by atoms with E-state index in [9.17, 15) is 8.78 Å². The molecule has 0 unspecified atom stereocenters. The van der Waals surface area contributed by atoms with E-state index in [1.54, 1.807) is 25.4 Å². The molecule has 0 aliphatic heterocycles. The standard InChI is InChI=1S/C9H12F2N2O/c1-12-9-7(3-2-4-13-9)5-14-6-8(10)11/h2-4,8H,5-6H2,1H3,(H,12,13). The zero-order chi connectivity index (χ0) is 10.4. The fourth-order valence-electron chi connectivity index (χ4n) is 1.04. The van der Waals surface area contributed by atoms with Crippen molar-refractivity contribution in [3.8, 4) is 0 Å². The third-order valence-corrected chi connectivity index (χ3v) is 1.63. The van der Waals surface area contributed by atoms with Gasteiger partial charge >= 0.3 is 0 Å². The number of anilines is 1. The van der Waals surface area contributed by atoms with Crippen LogP contribution in [0.15, 0.2) is 18.3 Å². The van der Waals surface area contributed by atoms with Crippen molar-refractivity contribution in [3.63, 3.8) is 0 Å². The van der Waals surface area contributed by atoms with Crippen molar-refractivity contribution in [2.24, 2.45) is 0 Å². The molecule has 0 fully saturated rings. The number of ether oxygens (including phenoxy) is 1. The summed E-state index contributed by atoms with van der Waals surface area (Å²) in [6.07, 6.45) is -0.799. The molecule has 0 atom stereocenters. The fourth-order valence-corrected chi connectivity index (χ4v) is 1.04. The predicted octanol–water partition coefficient (Wildman–Crippen LogP) is 1.91. The van der Waals surface area contributed by atoms with Crippen LogP contribution >= 0.6 is 0 Å². The van der Waals surface area contributed by atoms with E-state index in [4.69, 9.17) is 4.74 Å². The highest BCUT2D eigenvalue weighted by Crippen LogP contribution is 2.11. The van der Waals surface area contributed by atoms with Gasteiger partial charge in [0.15, 0.2) is 0 Å². The lowest BCUT2D eigenvalue weighted by Gasteiger charge is -2.07. The first-order valence-corrected chi connectivity index (χ1v) is 4.21. The summed E-state index contributed by atoms with van der Waals surface area (Å²) in [5.74, 6) is 0.654. The highest BCUT2D eigenvalue weighted by atomic mass is 19.3. The summed E-state index contributed by atoms with van der Waals surface area (Å²) in [7, 11) is 1.72. The van der Waals surface area contributed by atoms with Gasteiger partial charge in [0.2, 0.25) is 0 Å². The highest BCUT2D eigenvalue weighted by molar-refractivity contribution is 5.42. The van der Waals surface area contributed by atoms with E-state index < -0.39 is 13.0 Å². The summed E-state index contributed by atoms with van der Waals surface area (Å²) in [5, 5.41) is 2.86. The molecule has 0 bridgehead atoms. The normalized spacial score (nSPS) is 10.6. The maximum atomic E-state index is 11.8. The first-order chi connectivity index (χ1) is 6.74. The van der Waals surface area contributed by atoms with Gasteiger partial charge in [-0.1, -0.05) is 6.07 Å². The van der Waals surface area contributed by atoms with Crippen LogP contribution in [0.3, 0.4) is 0 Å². The molecule has 1 N–H and O–H groups in total. The van der Waals surface area contributed by atoms with Gasteiger partial charge in [0, 0.05) is 18.8 Å². The molecule has 0 aromatic carbocycles. The summed E-state index contributed by atoms with van der Waals surface area (Å²) in [6, 6.07) is 3.52. The number of hydrogen-bond acceptors (Lipinski definition) is 3.